The standard InChI is InChI=1S/C12H23N/c1-5-8-13-9-6-7-12(4)10-11(2)3/h7,10,13H,5-6,8-9H2,1-4H3. The number of hydrogen-bond acceptors (Lipinski definition) is 1. The van der Waals surface area contributed by atoms with Gasteiger partial charge in [0.25, 0.3) is 0 Å². The molecule has 0 atom stereocenters. The molecule has 0 amide bonds. The third-order valence-electron chi connectivity index (χ3n) is 1.73. The first-order chi connectivity index (χ1) is 6.16. The second-order valence-electron chi connectivity index (χ2n) is 3.71. The van der Waals surface area contributed by atoms with Gasteiger partial charge in [-0.15, -0.1) is 0 Å². The van der Waals surface area contributed by atoms with Crippen LogP contribution >= 0.6 is 0 Å². The second-order valence-corrected chi connectivity index (χ2v) is 3.71. The molecule has 1 nitrogen and oxygen atoms in total. The summed E-state index contributed by atoms with van der Waals surface area (Å²) >= 11 is 0. The van der Waals surface area contributed by atoms with E-state index in [1.165, 1.54) is 17.6 Å². The van der Waals surface area contributed by atoms with Crippen LogP contribution in [0.1, 0.15) is 40.5 Å². The van der Waals surface area contributed by atoms with Gasteiger partial charge >= 0.3 is 0 Å². The molecule has 0 saturated carbocycles. The van der Waals surface area contributed by atoms with Crippen molar-refractivity contribution in [3.05, 3.63) is 23.3 Å². The maximum Gasteiger partial charge on any atom is -0.00141 e. The second kappa shape index (κ2) is 8.06. The first-order valence-corrected chi connectivity index (χ1v) is 5.19. The van der Waals surface area contributed by atoms with Crippen molar-refractivity contribution in [3.63, 3.8) is 0 Å². The minimum atomic E-state index is 1.10. The summed E-state index contributed by atoms with van der Waals surface area (Å²) in [7, 11) is 0. The summed E-state index contributed by atoms with van der Waals surface area (Å²) in [6.07, 6.45) is 6.86. The van der Waals surface area contributed by atoms with Crippen LogP contribution in [0.3, 0.4) is 0 Å². The number of hydrogen-bond donors (Lipinski definition) is 1. The molecule has 0 aliphatic carbocycles. The highest BCUT2D eigenvalue weighted by Gasteiger charge is 1.85. The maximum absolute atomic E-state index is 3.38. The van der Waals surface area contributed by atoms with E-state index in [0.29, 0.717) is 0 Å². The highest BCUT2D eigenvalue weighted by atomic mass is 14.8. The lowest BCUT2D eigenvalue weighted by molar-refractivity contribution is 0.677. The van der Waals surface area contributed by atoms with Crippen molar-refractivity contribution in [2.45, 2.75) is 40.5 Å². The van der Waals surface area contributed by atoms with Gasteiger partial charge in [-0.1, -0.05) is 30.2 Å². The van der Waals surface area contributed by atoms with Crippen LogP contribution in [0, 0.1) is 0 Å². The van der Waals surface area contributed by atoms with Crippen LogP contribution in [0.5, 0.6) is 0 Å². The summed E-state index contributed by atoms with van der Waals surface area (Å²) in [6, 6.07) is 0. The van der Waals surface area contributed by atoms with E-state index in [1.54, 1.807) is 0 Å². The third kappa shape index (κ3) is 9.35. The molecular formula is C12H23N. The Hall–Kier alpha value is -0.560. The predicted octanol–water partition coefficient (Wildman–Crippen LogP) is 3.29. The molecule has 0 spiro atoms. The molecule has 0 fully saturated rings. The first-order valence-electron chi connectivity index (χ1n) is 5.19. The lowest BCUT2D eigenvalue weighted by Gasteiger charge is -1.99. The zero-order valence-electron chi connectivity index (χ0n) is 9.48. The van der Waals surface area contributed by atoms with Gasteiger partial charge in [-0.2, -0.15) is 0 Å². The van der Waals surface area contributed by atoms with Crippen molar-refractivity contribution in [2.24, 2.45) is 0 Å². The molecule has 0 heterocycles. The largest absolute Gasteiger partial charge is 0.316 e. The Labute approximate surface area is 82.9 Å². The normalized spacial score (nSPS) is 11.5. The predicted molar refractivity (Wildman–Crippen MR) is 61.0 cm³/mol. The molecule has 0 aliphatic rings. The van der Waals surface area contributed by atoms with Crippen LogP contribution in [0.15, 0.2) is 23.3 Å². The molecule has 0 rings (SSSR count). The number of nitrogens with one attached hydrogen (secondary N) is 1. The van der Waals surface area contributed by atoms with Crippen LogP contribution in [0.25, 0.3) is 0 Å². The van der Waals surface area contributed by atoms with Crippen LogP contribution in [0.2, 0.25) is 0 Å². The average molecular weight is 181 g/mol. The molecular weight excluding hydrogens is 158 g/mol. The minimum absolute atomic E-state index is 1.10. The van der Waals surface area contributed by atoms with Crippen molar-refractivity contribution in [2.75, 3.05) is 13.1 Å². The lowest BCUT2D eigenvalue weighted by atomic mass is 10.2. The SMILES string of the molecule is CCCNCCC=C(C)C=C(C)C. The minimum Gasteiger partial charge on any atom is -0.316 e. The average Bonchev–Trinajstić information content (AvgIpc) is 2.02. The Bertz CT molecular complexity index is 174. The Kier molecular flexibility index (Phi) is 7.71. The molecule has 0 aromatic heterocycles. The highest BCUT2D eigenvalue weighted by molar-refractivity contribution is 5.19. The van der Waals surface area contributed by atoms with Crippen LogP contribution in [0.4, 0.5) is 0 Å². The zero-order valence-corrected chi connectivity index (χ0v) is 9.48. The summed E-state index contributed by atoms with van der Waals surface area (Å²) in [5.41, 5.74) is 2.74. The summed E-state index contributed by atoms with van der Waals surface area (Å²) in [4.78, 5) is 0. The topological polar surface area (TPSA) is 12.0 Å². The molecule has 0 aromatic carbocycles. The van der Waals surface area contributed by atoms with Crippen LogP contribution in [-0.4, -0.2) is 13.1 Å². The van der Waals surface area contributed by atoms with Gasteiger partial charge in [-0.25, -0.2) is 0 Å². The maximum atomic E-state index is 3.38. The molecule has 0 unspecified atom stereocenters. The van der Waals surface area contributed by atoms with Gasteiger partial charge in [0.2, 0.25) is 0 Å². The van der Waals surface area contributed by atoms with Crippen molar-refractivity contribution in [1.29, 1.82) is 0 Å². The van der Waals surface area contributed by atoms with E-state index in [2.05, 4.69) is 45.2 Å². The highest BCUT2D eigenvalue weighted by Crippen LogP contribution is 2.01. The van der Waals surface area contributed by atoms with Gasteiger partial charge < -0.3 is 5.32 Å². The fourth-order valence-electron chi connectivity index (χ4n) is 1.22. The quantitative estimate of drug-likeness (QED) is 0.490. The smallest absolute Gasteiger partial charge is 0.00141 e. The molecule has 1 heteroatoms. The van der Waals surface area contributed by atoms with E-state index >= 15 is 0 Å². The Morgan fingerprint density at radius 1 is 1.15 bits per heavy atom. The molecule has 0 bridgehead atoms. The summed E-state index contributed by atoms with van der Waals surface area (Å²) < 4.78 is 0. The molecule has 13 heavy (non-hydrogen) atoms. The molecule has 0 radical (unpaired) electrons. The fourth-order valence-corrected chi connectivity index (χ4v) is 1.22. The van der Waals surface area contributed by atoms with Crippen molar-refractivity contribution < 1.29 is 0 Å². The van der Waals surface area contributed by atoms with Crippen LogP contribution in [-0.2, 0) is 0 Å². The number of rotatable bonds is 6. The lowest BCUT2D eigenvalue weighted by Crippen LogP contribution is -2.15. The van der Waals surface area contributed by atoms with E-state index in [1.807, 2.05) is 0 Å². The van der Waals surface area contributed by atoms with Gasteiger partial charge in [0, 0.05) is 0 Å². The fraction of sp³-hybridized carbons (Fsp3) is 0.667. The molecule has 0 aromatic rings. The van der Waals surface area contributed by atoms with Gasteiger partial charge in [0.15, 0.2) is 0 Å². The Balaban J connectivity index is 3.54. The Morgan fingerprint density at radius 3 is 2.38 bits per heavy atom. The van der Waals surface area contributed by atoms with Crippen molar-refractivity contribution >= 4 is 0 Å². The van der Waals surface area contributed by atoms with E-state index in [4.69, 9.17) is 0 Å². The van der Waals surface area contributed by atoms with Crippen molar-refractivity contribution in [3.8, 4) is 0 Å². The van der Waals surface area contributed by atoms with E-state index in [0.717, 1.165) is 19.5 Å². The summed E-state index contributed by atoms with van der Waals surface area (Å²) in [5, 5.41) is 3.38. The monoisotopic (exact) mass is 181 g/mol. The van der Waals surface area contributed by atoms with Crippen LogP contribution < -0.4 is 5.32 Å². The van der Waals surface area contributed by atoms with Gasteiger partial charge in [0.1, 0.15) is 0 Å². The van der Waals surface area contributed by atoms with E-state index < -0.39 is 0 Å². The van der Waals surface area contributed by atoms with Crippen molar-refractivity contribution in [1.82, 2.24) is 5.32 Å². The molecule has 1 N–H and O–H groups in total. The Morgan fingerprint density at radius 2 is 1.85 bits per heavy atom. The zero-order chi connectivity index (χ0) is 10.1. The van der Waals surface area contributed by atoms with Gasteiger partial charge in [0.05, 0.1) is 0 Å². The molecule has 76 valence electrons. The van der Waals surface area contributed by atoms with Gasteiger partial charge in [-0.05, 0) is 46.7 Å². The van der Waals surface area contributed by atoms with E-state index in [9.17, 15) is 0 Å². The number of allylic oxidation sites excluding steroid dienone is 3. The molecule has 0 aliphatic heterocycles. The van der Waals surface area contributed by atoms with E-state index in [-0.39, 0.29) is 0 Å². The molecule has 0 saturated heterocycles. The summed E-state index contributed by atoms with van der Waals surface area (Å²) in [5.74, 6) is 0. The summed E-state index contributed by atoms with van der Waals surface area (Å²) in [6.45, 7) is 10.8. The van der Waals surface area contributed by atoms with Gasteiger partial charge in [-0.3, -0.25) is 0 Å². The third-order valence-corrected chi connectivity index (χ3v) is 1.73. The first kappa shape index (κ1) is 12.4.